The maximum atomic E-state index is 12.5. The molecule has 28 heavy (non-hydrogen) atoms. The van der Waals surface area contributed by atoms with Gasteiger partial charge in [-0.25, -0.2) is 14.8 Å². The number of carbonyl (C=O) groups excluding carboxylic acids is 1. The van der Waals surface area contributed by atoms with Crippen LogP contribution in [-0.4, -0.2) is 31.5 Å². The molecule has 0 atom stereocenters. The minimum absolute atomic E-state index is 0.0161. The zero-order valence-electron chi connectivity index (χ0n) is 14.9. The molecule has 0 aliphatic heterocycles. The molecule has 1 amide bonds. The van der Waals surface area contributed by atoms with Gasteiger partial charge in [0, 0.05) is 16.6 Å². The Morgan fingerprint density at radius 1 is 1.14 bits per heavy atom. The van der Waals surface area contributed by atoms with Crippen molar-refractivity contribution in [2.45, 2.75) is 13.5 Å². The van der Waals surface area contributed by atoms with E-state index in [0.717, 1.165) is 22.5 Å². The number of hydrogen-bond acceptors (Lipinski definition) is 5. The van der Waals surface area contributed by atoms with Gasteiger partial charge in [-0.3, -0.25) is 9.36 Å². The van der Waals surface area contributed by atoms with Gasteiger partial charge in [0.2, 0.25) is 0 Å². The molecule has 140 valence electrons. The van der Waals surface area contributed by atoms with Crippen LogP contribution in [0.5, 0.6) is 0 Å². The van der Waals surface area contributed by atoms with Crippen LogP contribution in [0.25, 0.3) is 16.7 Å². The number of fused-ring (bicyclic) bond motifs is 1. The molecular formula is C20H16N4O3S. The molecule has 4 rings (SSSR count). The van der Waals surface area contributed by atoms with Crippen LogP contribution in [0.1, 0.15) is 31.7 Å². The predicted molar refractivity (Wildman–Crippen MR) is 106 cm³/mol. The first-order chi connectivity index (χ1) is 13.5. The van der Waals surface area contributed by atoms with Crippen molar-refractivity contribution >= 4 is 34.2 Å². The van der Waals surface area contributed by atoms with Gasteiger partial charge in [-0.2, -0.15) is 0 Å². The van der Waals surface area contributed by atoms with E-state index in [-0.39, 0.29) is 18.1 Å². The monoisotopic (exact) mass is 392 g/mol. The minimum Gasteiger partial charge on any atom is -0.476 e. The van der Waals surface area contributed by atoms with Crippen LogP contribution in [0, 0.1) is 6.92 Å². The summed E-state index contributed by atoms with van der Waals surface area (Å²) < 4.78 is 2.04. The number of rotatable bonds is 5. The van der Waals surface area contributed by atoms with Crippen LogP contribution in [0.15, 0.2) is 53.9 Å². The Morgan fingerprint density at radius 2 is 1.93 bits per heavy atom. The number of nitrogens with one attached hydrogen (secondary N) is 1. The molecule has 0 unspecified atom stereocenters. The van der Waals surface area contributed by atoms with E-state index in [1.165, 1.54) is 16.7 Å². The number of para-hydroxylation sites is 1. The van der Waals surface area contributed by atoms with E-state index in [9.17, 15) is 9.59 Å². The van der Waals surface area contributed by atoms with Gasteiger partial charge in [0.15, 0.2) is 5.69 Å². The van der Waals surface area contributed by atoms with Crippen molar-refractivity contribution < 1.29 is 14.7 Å². The number of imidazole rings is 1. The van der Waals surface area contributed by atoms with Crippen molar-refractivity contribution in [1.82, 2.24) is 19.9 Å². The quantitative estimate of drug-likeness (QED) is 0.542. The second kappa shape index (κ2) is 7.24. The maximum absolute atomic E-state index is 12.5. The third-order valence-electron chi connectivity index (χ3n) is 4.27. The second-order valence-electron chi connectivity index (χ2n) is 6.15. The van der Waals surface area contributed by atoms with Gasteiger partial charge in [-0.1, -0.05) is 18.2 Å². The molecule has 0 bridgehead atoms. The van der Waals surface area contributed by atoms with Crippen LogP contribution < -0.4 is 5.32 Å². The lowest BCUT2D eigenvalue weighted by atomic mass is 10.2. The van der Waals surface area contributed by atoms with Gasteiger partial charge in [-0.15, -0.1) is 11.3 Å². The first-order valence-corrected chi connectivity index (χ1v) is 9.41. The highest BCUT2D eigenvalue weighted by Gasteiger charge is 2.14. The molecular weight excluding hydrogens is 376 g/mol. The van der Waals surface area contributed by atoms with Crippen LogP contribution in [-0.2, 0) is 6.54 Å². The van der Waals surface area contributed by atoms with E-state index >= 15 is 0 Å². The predicted octanol–water partition coefficient (Wildman–Crippen LogP) is 3.42. The molecule has 0 fully saturated rings. The Morgan fingerprint density at radius 3 is 2.64 bits per heavy atom. The summed E-state index contributed by atoms with van der Waals surface area (Å²) in [6, 6.07) is 15.3. The largest absolute Gasteiger partial charge is 0.476 e. The lowest BCUT2D eigenvalue weighted by Crippen LogP contribution is -2.22. The van der Waals surface area contributed by atoms with Gasteiger partial charge in [0.05, 0.1) is 17.6 Å². The number of carboxylic acids is 1. The Hall–Kier alpha value is -3.52. The van der Waals surface area contributed by atoms with Gasteiger partial charge >= 0.3 is 5.97 Å². The number of hydrogen-bond donors (Lipinski definition) is 2. The van der Waals surface area contributed by atoms with Crippen LogP contribution in [0.2, 0.25) is 0 Å². The number of aromatic carboxylic acids is 1. The van der Waals surface area contributed by atoms with E-state index < -0.39 is 5.97 Å². The molecule has 4 aromatic rings. The molecule has 2 N–H and O–H groups in total. The molecule has 7 nitrogen and oxygen atoms in total. The van der Waals surface area contributed by atoms with Crippen molar-refractivity contribution in [3.05, 3.63) is 76.0 Å². The Balaban J connectivity index is 1.56. The third-order valence-corrected chi connectivity index (χ3v) is 5.12. The van der Waals surface area contributed by atoms with E-state index in [1.807, 2.05) is 47.9 Å². The molecule has 0 saturated heterocycles. The zero-order valence-corrected chi connectivity index (χ0v) is 15.7. The molecule has 0 aliphatic rings. The average molecular weight is 392 g/mol. The van der Waals surface area contributed by atoms with Crippen molar-refractivity contribution in [3.8, 4) is 5.69 Å². The summed E-state index contributed by atoms with van der Waals surface area (Å²) in [7, 11) is 0. The third kappa shape index (κ3) is 3.37. The molecule has 2 heterocycles. The highest BCUT2D eigenvalue weighted by Crippen LogP contribution is 2.22. The summed E-state index contributed by atoms with van der Waals surface area (Å²) in [6.45, 7) is 2.10. The Kier molecular flexibility index (Phi) is 4.62. The van der Waals surface area contributed by atoms with E-state index in [2.05, 4.69) is 15.3 Å². The number of thiazole rings is 1. The summed E-state index contributed by atoms with van der Waals surface area (Å²) in [5.41, 5.74) is 3.14. The average Bonchev–Trinajstić information content (AvgIpc) is 3.30. The smallest absolute Gasteiger partial charge is 0.355 e. The Bertz CT molecular complexity index is 1180. The SMILES string of the molecule is Cc1nc2cc(C(=O)NCc3nc(C(=O)O)cs3)ccc2n1-c1ccccc1. The molecule has 0 radical (unpaired) electrons. The topological polar surface area (TPSA) is 97.1 Å². The number of benzene rings is 2. The molecule has 0 spiro atoms. The fraction of sp³-hybridized carbons (Fsp3) is 0.100. The summed E-state index contributed by atoms with van der Waals surface area (Å²) in [5.74, 6) is -0.507. The van der Waals surface area contributed by atoms with Crippen molar-refractivity contribution in [3.63, 3.8) is 0 Å². The molecule has 8 heteroatoms. The van der Waals surface area contributed by atoms with Crippen LogP contribution in [0.3, 0.4) is 0 Å². The fourth-order valence-corrected chi connectivity index (χ4v) is 3.70. The van der Waals surface area contributed by atoms with Gasteiger partial charge in [-0.05, 0) is 37.3 Å². The normalized spacial score (nSPS) is 10.9. The zero-order chi connectivity index (χ0) is 19.7. The van der Waals surface area contributed by atoms with E-state index in [1.54, 1.807) is 12.1 Å². The van der Waals surface area contributed by atoms with Crippen LogP contribution in [0.4, 0.5) is 0 Å². The summed E-state index contributed by atoms with van der Waals surface area (Å²) in [6.07, 6.45) is 0. The van der Waals surface area contributed by atoms with E-state index in [0.29, 0.717) is 10.6 Å². The van der Waals surface area contributed by atoms with Crippen molar-refractivity contribution in [2.24, 2.45) is 0 Å². The Labute approximate surface area is 164 Å². The first kappa shape index (κ1) is 17.9. The number of nitrogens with zero attached hydrogens (tertiary/aromatic N) is 3. The minimum atomic E-state index is -1.08. The molecule has 0 aliphatic carbocycles. The summed E-state index contributed by atoms with van der Waals surface area (Å²) in [4.78, 5) is 31.9. The number of amides is 1. The molecule has 2 aromatic heterocycles. The highest BCUT2D eigenvalue weighted by atomic mass is 32.1. The number of carboxylic acid groups (broad SMARTS) is 1. The van der Waals surface area contributed by atoms with Crippen LogP contribution >= 0.6 is 11.3 Å². The molecule has 0 saturated carbocycles. The summed E-state index contributed by atoms with van der Waals surface area (Å²) in [5, 5.41) is 13.7. The van der Waals surface area contributed by atoms with Gasteiger partial charge in [0.25, 0.3) is 5.91 Å². The lowest BCUT2D eigenvalue weighted by molar-refractivity contribution is 0.0691. The first-order valence-electron chi connectivity index (χ1n) is 8.53. The molecule has 2 aromatic carbocycles. The number of aryl methyl sites for hydroxylation is 1. The van der Waals surface area contributed by atoms with Crippen molar-refractivity contribution in [1.29, 1.82) is 0 Å². The highest BCUT2D eigenvalue weighted by molar-refractivity contribution is 7.09. The maximum Gasteiger partial charge on any atom is 0.355 e. The number of carbonyl (C=O) groups is 2. The lowest BCUT2D eigenvalue weighted by Gasteiger charge is -2.07. The van der Waals surface area contributed by atoms with E-state index in [4.69, 9.17) is 5.11 Å². The van der Waals surface area contributed by atoms with Crippen molar-refractivity contribution in [2.75, 3.05) is 0 Å². The number of aromatic nitrogens is 3. The fourth-order valence-electron chi connectivity index (χ4n) is 2.99. The van der Waals surface area contributed by atoms with Gasteiger partial charge in [0.1, 0.15) is 10.8 Å². The van der Waals surface area contributed by atoms with Gasteiger partial charge < -0.3 is 10.4 Å². The second-order valence-corrected chi connectivity index (χ2v) is 7.09. The summed E-state index contributed by atoms with van der Waals surface area (Å²) >= 11 is 1.20. The standard InChI is InChI=1S/C20H16N4O3S/c1-12-22-15-9-13(7-8-17(15)24(12)14-5-3-2-4-6-14)19(25)21-10-18-23-16(11-28-18)20(26)27/h2-9,11H,10H2,1H3,(H,21,25)(H,26,27).